The largest absolute Gasteiger partial charge is 0.484 e. The lowest BCUT2D eigenvalue weighted by atomic mass is 10.1. The Hall–Kier alpha value is -1.88. The van der Waals surface area contributed by atoms with E-state index in [2.05, 4.69) is 5.32 Å². The van der Waals surface area contributed by atoms with E-state index in [1.165, 1.54) is 0 Å². The molecule has 1 atom stereocenters. The van der Waals surface area contributed by atoms with Gasteiger partial charge in [-0.15, -0.1) is 0 Å². The number of hydrogen-bond donors (Lipinski definition) is 1. The summed E-state index contributed by atoms with van der Waals surface area (Å²) in [7, 11) is 0. The number of Topliss-reactive ketones (excluding diaryl/α,β-unsaturated/α-hetero) is 1. The number of hydrogen-bond acceptors (Lipinski definition) is 4. The number of ketones is 1. The molecule has 0 aliphatic carbocycles. The van der Waals surface area contributed by atoms with E-state index in [4.69, 9.17) is 9.47 Å². The number of rotatable bonds is 7. The van der Waals surface area contributed by atoms with Crippen molar-refractivity contribution in [2.24, 2.45) is 0 Å². The summed E-state index contributed by atoms with van der Waals surface area (Å²) in [4.78, 5) is 23.1. The van der Waals surface area contributed by atoms with Gasteiger partial charge in [-0.25, -0.2) is 0 Å². The standard InChI is InChI=1S/C16H21NO4/c1-2-15(18)12-5-7-13(8-6-12)21-11-16(19)17-10-14-4-3-9-20-14/h5-8,14H,2-4,9-11H2,1H3,(H,17,19)/t14-/m1/s1. The van der Waals surface area contributed by atoms with Gasteiger partial charge < -0.3 is 14.8 Å². The Morgan fingerprint density at radius 1 is 1.33 bits per heavy atom. The van der Waals surface area contributed by atoms with Gasteiger partial charge in [0.25, 0.3) is 5.91 Å². The predicted molar refractivity (Wildman–Crippen MR) is 78.5 cm³/mol. The van der Waals surface area contributed by atoms with Crippen molar-refractivity contribution < 1.29 is 19.1 Å². The Balaban J connectivity index is 1.71. The van der Waals surface area contributed by atoms with Crippen LogP contribution in [-0.4, -0.2) is 37.6 Å². The van der Waals surface area contributed by atoms with E-state index in [-0.39, 0.29) is 24.4 Å². The van der Waals surface area contributed by atoms with Crippen LogP contribution in [0.4, 0.5) is 0 Å². The summed E-state index contributed by atoms with van der Waals surface area (Å²) >= 11 is 0. The minimum Gasteiger partial charge on any atom is -0.484 e. The summed E-state index contributed by atoms with van der Waals surface area (Å²) in [5, 5.41) is 2.79. The van der Waals surface area contributed by atoms with Crippen molar-refractivity contribution in [3.05, 3.63) is 29.8 Å². The van der Waals surface area contributed by atoms with Crippen molar-refractivity contribution in [3.8, 4) is 5.75 Å². The number of benzene rings is 1. The first-order valence-corrected chi connectivity index (χ1v) is 7.33. The highest BCUT2D eigenvalue weighted by Crippen LogP contribution is 2.13. The molecule has 0 radical (unpaired) electrons. The van der Waals surface area contributed by atoms with E-state index in [1.54, 1.807) is 24.3 Å². The molecule has 5 nitrogen and oxygen atoms in total. The van der Waals surface area contributed by atoms with Gasteiger partial charge in [-0.3, -0.25) is 9.59 Å². The molecule has 1 heterocycles. The maximum absolute atomic E-state index is 11.6. The molecule has 0 saturated carbocycles. The molecular weight excluding hydrogens is 270 g/mol. The lowest BCUT2D eigenvalue weighted by Crippen LogP contribution is -2.35. The van der Waals surface area contributed by atoms with Crippen LogP contribution in [0.3, 0.4) is 0 Å². The quantitative estimate of drug-likeness (QED) is 0.780. The molecule has 1 N–H and O–H groups in total. The van der Waals surface area contributed by atoms with Gasteiger partial charge in [0, 0.05) is 25.1 Å². The summed E-state index contributed by atoms with van der Waals surface area (Å²) in [6.07, 6.45) is 2.66. The van der Waals surface area contributed by atoms with Crippen LogP contribution in [0.5, 0.6) is 5.75 Å². The monoisotopic (exact) mass is 291 g/mol. The first kappa shape index (κ1) is 15.5. The van der Waals surface area contributed by atoms with Crippen LogP contribution in [0, 0.1) is 0 Å². The second-order valence-electron chi connectivity index (χ2n) is 5.03. The van der Waals surface area contributed by atoms with E-state index in [1.807, 2.05) is 6.92 Å². The number of carbonyl (C=O) groups excluding carboxylic acids is 2. The fourth-order valence-corrected chi connectivity index (χ4v) is 2.17. The van der Waals surface area contributed by atoms with E-state index in [0.717, 1.165) is 19.4 Å². The zero-order valence-corrected chi connectivity index (χ0v) is 12.3. The molecule has 0 bridgehead atoms. The average molecular weight is 291 g/mol. The van der Waals surface area contributed by atoms with E-state index < -0.39 is 0 Å². The van der Waals surface area contributed by atoms with Crippen molar-refractivity contribution in [2.75, 3.05) is 19.8 Å². The fourth-order valence-electron chi connectivity index (χ4n) is 2.17. The highest BCUT2D eigenvalue weighted by Gasteiger charge is 2.16. The SMILES string of the molecule is CCC(=O)c1ccc(OCC(=O)NC[C@H]2CCCO2)cc1. The normalized spacial score (nSPS) is 17.5. The molecule has 5 heteroatoms. The number of nitrogens with one attached hydrogen (secondary N) is 1. The Labute approximate surface area is 124 Å². The van der Waals surface area contributed by atoms with Crippen LogP contribution in [-0.2, 0) is 9.53 Å². The molecule has 0 aromatic heterocycles. The molecule has 1 aliphatic heterocycles. The van der Waals surface area contributed by atoms with Crippen LogP contribution in [0.2, 0.25) is 0 Å². The Morgan fingerprint density at radius 2 is 2.10 bits per heavy atom. The fraction of sp³-hybridized carbons (Fsp3) is 0.500. The number of ether oxygens (including phenoxy) is 2. The van der Waals surface area contributed by atoms with Gasteiger partial charge >= 0.3 is 0 Å². The van der Waals surface area contributed by atoms with E-state index in [0.29, 0.717) is 24.3 Å². The van der Waals surface area contributed by atoms with E-state index >= 15 is 0 Å². The molecular formula is C16H21NO4. The minimum absolute atomic E-state index is 0.0339. The van der Waals surface area contributed by atoms with Gasteiger partial charge in [-0.05, 0) is 37.1 Å². The third-order valence-corrected chi connectivity index (χ3v) is 3.42. The Bertz CT molecular complexity index is 478. The molecule has 1 saturated heterocycles. The Kier molecular flexibility index (Phi) is 5.75. The molecule has 1 aromatic carbocycles. The first-order chi connectivity index (χ1) is 10.2. The zero-order chi connectivity index (χ0) is 15.1. The van der Waals surface area contributed by atoms with Crippen LogP contribution >= 0.6 is 0 Å². The summed E-state index contributed by atoms with van der Waals surface area (Å²) in [5.41, 5.74) is 0.660. The first-order valence-electron chi connectivity index (χ1n) is 7.33. The highest BCUT2D eigenvalue weighted by atomic mass is 16.5. The van der Waals surface area contributed by atoms with Crippen LogP contribution < -0.4 is 10.1 Å². The second-order valence-corrected chi connectivity index (χ2v) is 5.03. The molecule has 114 valence electrons. The molecule has 2 rings (SSSR count). The summed E-state index contributed by atoms with van der Waals surface area (Å²) in [5.74, 6) is 0.505. The van der Waals surface area contributed by atoms with Gasteiger partial charge in [0.1, 0.15) is 5.75 Å². The molecule has 1 aliphatic rings. The lowest BCUT2D eigenvalue weighted by molar-refractivity contribution is -0.123. The molecule has 1 fully saturated rings. The minimum atomic E-state index is -0.167. The lowest BCUT2D eigenvalue weighted by Gasteiger charge is -2.11. The van der Waals surface area contributed by atoms with Gasteiger partial charge in [-0.2, -0.15) is 0 Å². The van der Waals surface area contributed by atoms with Crippen molar-refractivity contribution in [1.82, 2.24) is 5.32 Å². The van der Waals surface area contributed by atoms with Crippen LogP contribution in [0.1, 0.15) is 36.5 Å². The molecule has 1 aromatic rings. The van der Waals surface area contributed by atoms with Gasteiger partial charge in [0.05, 0.1) is 6.10 Å². The third kappa shape index (κ3) is 4.86. The smallest absolute Gasteiger partial charge is 0.258 e. The Morgan fingerprint density at radius 3 is 2.71 bits per heavy atom. The molecule has 0 spiro atoms. The van der Waals surface area contributed by atoms with E-state index in [9.17, 15) is 9.59 Å². The highest BCUT2D eigenvalue weighted by molar-refractivity contribution is 5.95. The number of carbonyl (C=O) groups is 2. The van der Waals surface area contributed by atoms with Gasteiger partial charge in [0.15, 0.2) is 12.4 Å². The maximum Gasteiger partial charge on any atom is 0.258 e. The van der Waals surface area contributed by atoms with Crippen molar-refractivity contribution in [3.63, 3.8) is 0 Å². The van der Waals surface area contributed by atoms with Crippen LogP contribution in [0.25, 0.3) is 0 Å². The zero-order valence-electron chi connectivity index (χ0n) is 12.3. The number of amides is 1. The predicted octanol–water partition coefficient (Wildman–Crippen LogP) is 1.95. The summed E-state index contributed by atoms with van der Waals surface area (Å²) < 4.78 is 10.8. The third-order valence-electron chi connectivity index (χ3n) is 3.42. The second kappa shape index (κ2) is 7.78. The van der Waals surface area contributed by atoms with Gasteiger partial charge in [0.2, 0.25) is 0 Å². The molecule has 1 amide bonds. The van der Waals surface area contributed by atoms with Crippen molar-refractivity contribution in [1.29, 1.82) is 0 Å². The maximum atomic E-state index is 11.6. The van der Waals surface area contributed by atoms with Crippen LogP contribution in [0.15, 0.2) is 24.3 Å². The molecule has 0 unspecified atom stereocenters. The summed E-state index contributed by atoms with van der Waals surface area (Å²) in [6.45, 7) is 3.10. The topological polar surface area (TPSA) is 64.6 Å². The van der Waals surface area contributed by atoms with Crippen molar-refractivity contribution in [2.45, 2.75) is 32.3 Å². The van der Waals surface area contributed by atoms with Crippen molar-refractivity contribution >= 4 is 11.7 Å². The van der Waals surface area contributed by atoms with Gasteiger partial charge in [-0.1, -0.05) is 6.92 Å². The average Bonchev–Trinajstić information content (AvgIpc) is 3.04. The summed E-state index contributed by atoms with van der Waals surface area (Å²) in [6, 6.07) is 6.84. The molecule has 21 heavy (non-hydrogen) atoms.